The van der Waals surface area contributed by atoms with Crippen LogP contribution in [0.15, 0.2) is 78.9 Å². The summed E-state index contributed by atoms with van der Waals surface area (Å²) < 4.78 is 0. The molecule has 2 aliphatic carbocycles. The molecule has 5 rings (SSSR count). The first-order chi connectivity index (χ1) is 13.8. The molecule has 140 valence electrons. The smallest absolute Gasteiger partial charge is 0.165 e. The van der Waals surface area contributed by atoms with E-state index in [1.807, 2.05) is 12.1 Å². The number of aryl methyl sites for hydroxylation is 1. The third-order valence-electron chi connectivity index (χ3n) is 6.40. The van der Waals surface area contributed by atoms with Gasteiger partial charge < -0.3 is 0 Å². The molecule has 2 aliphatic rings. The zero-order valence-electron chi connectivity index (χ0n) is 16.1. The Morgan fingerprint density at radius 3 is 2.36 bits per heavy atom. The van der Waals surface area contributed by atoms with Gasteiger partial charge in [-0.15, -0.1) is 0 Å². The number of hydrogen-bond acceptors (Lipinski definition) is 2. The molecule has 0 amide bonds. The van der Waals surface area contributed by atoms with Crippen LogP contribution < -0.4 is 0 Å². The Kier molecular flexibility index (Phi) is 4.58. The van der Waals surface area contributed by atoms with E-state index in [0.29, 0.717) is 12.5 Å². The standard InChI is InChI=1S/C26H25NO/c28-26-17-25(23-12-6-7-13-24(23)26)27(18-19-8-2-1-3-9-19)22-15-14-20-10-4-5-11-21(20)16-22/h1-13,22,25H,14-18H2. The van der Waals surface area contributed by atoms with E-state index in [0.717, 1.165) is 31.4 Å². The zero-order valence-corrected chi connectivity index (χ0v) is 16.1. The first-order valence-electron chi connectivity index (χ1n) is 10.3. The molecule has 0 N–H and O–H groups in total. The molecule has 0 radical (unpaired) electrons. The van der Waals surface area contributed by atoms with E-state index >= 15 is 0 Å². The fourth-order valence-corrected chi connectivity index (χ4v) is 4.98. The number of benzene rings is 3. The van der Waals surface area contributed by atoms with Crippen LogP contribution in [0.3, 0.4) is 0 Å². The molecule has 0 saturated carbocycles. The molecule has 3 aromatic carbocycles. The van der Waals surface area contributed by atoms with Gasteiger partial charge in [-0.1, -0.05) is 78.9 Å². The van der Waals surface area contributed by atoms with Gasteiger partial charge in [0.25, 0.3) is 0 Å². The second-order valence-corrected chi connectivity index (χ2v) is 8.05. The Morgan fingerprint density at radius 2 is 1.50 bits per heavy atom. The van der Waals surface area contributed by atoms with Crippen LogP contribution in [-0.4, -0.2) is 16.7 Å². The van der Waals surface area contributed by atoms with Gasteiger partial charge in [0, 0.05) is 30.6 Å². The topological polar surface area (TPSA) is 20.3 Å². The Labute approximate surface area is 166 Å². The van der Waals surface area contributed by atoms with Gasteiger partial charge >= 0.3 is 0 Å². The minimum absolute atomic E-state index is 0.180. The molecule has 0 saturated heterocycles. The number of hydrogen-bond donors (Lipinski definition) is 0. The third kappa shape index (κ3) is 3.18. The number of rotatable bonds is 4. The van der Waals surface area contributed by atoms with Crippen molar-refractivity contribution < 1.29 is 4.79 Å². The summed E-state index contributed by atoms with van der Waals surface area (Å²) in [4.78, 5) is 15.3. The van der Waals surface area contributed by atoms with Crippen LogP contribution >= 0.6 is 0 Å². The van der Waals surface area contributed by atoms with Gasteiger partial charge in [0.05, 0.1) is 0 Å². The van der Waals surface area contributed by atoms with E-state index in [1.54, 1.807) is 0 Å². The molecule has 2 atom stereocenters. The van der Waals surface area contributed by atoms with Gasteiger partial charge in [-0.25, -0.2) is 0 Å². The number of carbonyl (C=O) groups is 1. The summed E-state index contributed by atoms with van der Waals surface area (Å²) in [5.41, 5.74) is 6.40. The number of carbonyl (C=O) groups excluding carboxylic acids is 1. The van der Waals surface area contributed by atoms with Crippen molar-refractivity contribution in [3.63, 3.8) is 0 Å². The Balaban J connectivity index is 1.51. The van der Waals surface area contributed by atoms with Gasteiger partial charge in [0.2, 0.25) is 0 Å². The molecule has 0 spiro atoms. The van der Waals surface area contributed by atoms with Crippen LogP contribution in [0.5, 0.6) is 0 Å². The van der Waals surface area contributed by atoms with Crippen LogP contribution in [0, 0.1) is 0 Å². The van der Waals surface area contributed by atoms with E-state index in [1.165, 1.54) is 22.3 Å². The summed E-state index contributed by atoms with van der Waals surface area (Å²) >= 11 is 0. The van der Waals surface area contributed by atoms with Crippen molar-refractivity contribution in [2.75, 3.05) is 0 Å². The van der Waals surface area contributed by atoms with Gasteiger partial charge in [-0.2, -0.15) is 0 Å². The number of Topliss-reactive ketones (excluding diaryl/α,β-unsaturated/α-hetero) is 1. The van der Waals surface area contributed by atoms with E-state index in [-0.39, 0.29) is 11.8 Å². The minimum atomic E-state index is 0.180. The fraction of sp³-hybridized carbons (Fsp3) is 0.269. The number of ketones is 1. The van der Waals surface area contributed by atoms with E-state index in [2.05, 4.69) is 71.6 Å². The van der Waals surface area contributed by atoms with Crippen molar-refractivity contribution in [1.29, 1.82) is 0 Å². The second-order valence-electron chi connectivity index (χ2n) is 8.05. The maximum atomic E-state index is 12.7. The monoisotopic (exact) mass is 367 g/mol. The number of fused-ring (bicyclic) bond motifs is 2. The van der Waals surface area contributed by atoms with Gasteiger partial charge in [0.1, 0.15) is 0 Å². The normalized spacial score (nSPS) is 20.8. The van der Waals surface area contributed by atoms with Crippen molar-refractivity contribution >= 4 is 5.78 Å². The summed E-state index contributed by atoms with van der Waals surface area (Å²) in [5.74, 6) is 0.287. The highest BCUT2D eigenvalue weighted by molar-refractivity contribution is 6.01. The first kappa shape index (κ1) is 17.4. The quantitative estimate of drug-likeness (QED) is 0.617. The maximum absolute atomic E-state index is 12.7. The SMILES string of the molecule is O=C1CC(N(Cc2ccccc2)C2CCc3ccccc3C2)c2ccccc21. The molecule has 2 unspecified atom stereocenters. The lowest BCUT2D eigenvalue weighted by Crippen LogP contribution is -2.41. The van der Waals surface area contributed by atoms with Crippen LogP contribution in [0.4, 0.5) is 0 Å². The highest BCUT2D eigenvalue weighted by Crippen LogP contribution is 2.40. The Morgan fingerprint density at radius 1 is 0.786 bits per heavy atom. The minimum Gasteiger partial charge on any atom is -0.294 e. The van der Waals surface area contributed by atoms with Crippen molar-refractivity contribution in [2.24, 2.45) is 0 Å². The zero-order chi connectivity index (χ0) is 18.9. The van der Waals surface area contributed by atoms with Crippen molar-refractivity contribution in [3.05, 3.63) is 107 Å². The summed E-state index contributed by atoms with van der Waals surface area (Å²) in [7, 11) is 0. The second kappa shape index (κ2) is 7.37. The highest BCUT2D eigenvalue weighted by atomic mass is 16.1. The first-order valence-corrected chi connectivity index (χ1v) is 10.3. The summed E-state index contributed by atoms with van der Waals surface area (Å²) in [6.07, 6.45) is 3.94. The molecule has 0 aliphatic heterocycles. The van der Waals surface area contributed by atoms with E-state index in [4.69, 9.17) is 0 Å². The van der Waals surface area contributed by atoms with Crippen LogP contribution in [0.2, 0.25) is 0 Å². The average molecular weight is 367 g/mol. The molecule has 0 fully saturated rings. The molecule has 2 nitrogen and oxygen atoms in total. The van der Waals surface area contributed by atoms with Crippen molar-refractivity contribution in [2.45, 2.75) is 44.3 Å². The molecular weight excluding hydrogens is 342 g/mol. The summed E-state index contributed by atoms with van der Waals surface area (Å²) in [6.45, 7) is 0.889. The Bertz CT molecular complexity index is 994. The van der Waals surface area contributed by atoms with Crippen molar-refractivity contribution in [1.82, 2.24) is 4.90 Å². The van der Waals surface area contributed by atoms with Crippen LogP contribution in [0.1, 0.15) is 51.5 Å². The molecule has 0 bridgehead atoms. The van der Waals surface area contributed by atoms with Gasteiger partial charge in [-0.05, 0) is 41.5 Å². The molecule has 3 aromatic rings. The Hall–Kier alpha value is -2.71. The lowest BCUT2D eigenvalue weighted by atomic mass is 9.86. The predicted octanol–water partition coefficient (Wildman–Crippen LogP) is 5.37. The molecule has 0 aromatic heterocycles. The molecule has 2 heteroatoms. The summed E-state index contributed by atoms with van der Waals surface area (Å²) in [6, 6.07) is 28.4. The average Bonchev–Trinajstić information content (AvgIpc) is 3.09. The van der Waals surface area contributed by atoms with Crippen LogP contribution in [0.25, 0.3) is 0 Å². The van der Waals surface area contributed by atoms with Gasteiger partial charge in [0.15, 0.2) is 5.78 Å². The molecular formula is C26H25NO. The lowest BCUT2D eigenvalue weighted by Gasteiger charge is -2.39. The molecule has 0 heterocycles. The van der Waals surface area contributed by atoms with Crippen molar-refractivity contribution in [3.8, 4) is 0 Å². The highest BCUT2D eigenvalue weighted by Gasteiger charge is 2.37. The lowest BCUT2D eigenvalue weighted by molar-refractivity contribution is 0.0863. The van der Waals surface area contributed by atoms with E-state index < -0.39 is 0 Å². The number of nitrogens with zero attached hydrogens (tertiary/aromatic N) is 1. The third-order valence-corrected chi connectivity index (χ3v) is 6.40. The van der Waals surface area contributed by atoms with E-state index in [9.17, 15) is 4.79 Å². The van der Waals surface area contributed by atoms with Gasteiger partial charge in [-0.3, -0.25) is 9.69 Å². The molecule has 28 heavy (non-hydrogen) atoms. The largest absolute Gasteiger partial charge is 0.294 e. The maximum Gasteiger partial charge on any atom is 0.165 e. The summed E-state index contributed by atoms with van der Waals surface area (Å²) in [5, 5.41) is 0. The van der Waals surface area contributed by atoms with Crippen LogP contribution in [-0.2, 0) is 19.4 Å². The predicted molar refractivity (Wildman–Crippen MR) is 112 cm³/mol. The fourth-order valence-electron chi connectivity index (χ4n) is 4.98.